The number of anilines is 2. The number of nitrogens with one attached hydrogen (secondary N) is 1. The van der Waals surface area contributed by atoms with Crippen molar-refractivity contribution in [2.24, 2.45) is 5.92 Å². The monoisotopic (exact) mass is 413 g/mol. The van der Waals surface area contributed by atoms with Gasteiger partial charge in [0.2, 0.25) is 5.91 Å². The zero-order valence-electron chi connectivity index (χ0n) is 16.6. The molecule has 9 nitrogen and oxygen atoms in total. The van der Waals surface area contributed by atoms with Crippen LogP contribution in [0.4, 0.5) is 17.1 Å². The third kappa shape index (κ3) is 4.02. The molecule has 2 heterocycles. The molecule has 1 N–H and O–H groups in total. The van der Waals surface area contributed by atoms with Crippen molar-refractivity contribution < 1.29 is 23.9 Å². The fraction of sp³-hybridized carbons (Fsp3) is 0.381. The Bertz CT molecular complexity index is 941. The van der Waals surface area contributed by atoms with Gasteiger partial charge in [-0.15, -0.1) is 0 Å². The molecule has 0 unspecified atom stereocenters. The maximum Gasteiger partial charge on any atom is 0.276 e. The van der Waals surface area contributed by atoms with Gasteiger partial charge >= 0.3 is 0 Å². The number of carbonyl (C=O) groups is 1. The van der Waals surface area contributed by atoms with Crippen LogP contribution in [0.5, 0.6) is 11.5 Å². The average Bonchev–Trinajstić information content (AvgIpc) is 2.78. The van der Waals surface area contributed by atoms with Crippen LogP contribution in [0.1, 0.15) is 5.56 Å². The molecule has 9 heteroatoms. The van der Waals surface area contributed by atoms with Crippen LogP contribution >= 0.6 is 0 Å². The number of carbonyl (C=O) groups excluding carboxylic acids is 1. The van der Waals surface area contributed by atoms with Crippen molar-refractivity contribution in [1.29, 1.82) is 0 Å². The van der Waals surface area contributed by atoms with E-state index in [2.05, 4.69) is 10.2 Å². The molecule has 4 rings (SSSR count). The predicted molar refractivity (Wildman–Crippen MR) is 110 cm³/mol. The second kappa shape index (κ2) is 8.58. The van der Waals surface area contributed by atoms with Gasteiger partial charge in [-0.25, -0.2) is 0 Å². The van der Waals surface area contributed by atoms with Gasteiger partial charge < -0.3 is 24.4 Å². The summed E-state index contributed by atoms with van der Waals surface area (Å²) in [6.07, 6.45) is 0.209. The summed E-state index contributed by atoms with van der Waals surface area (Å²) in [4.78, 5) is 25.9. The molecule has 2 aliphatic heterocycles. The number of rotatable bonds is 5. The van der Waals surface area contributed by atoms with Crippen LogP contribution in [0.25, 0.3) is 0 Å². The van der Waals surface area contributed by atoms with Crippen molar-refractivity contribution in [3.63, 3.8) is 0 Å². The highest BCUT2D eigenvalue weighted by atomic mass is 16.6. The minimum absolute atomic E-state index is 0.0711. The van der Waals surface area contributed by atoms with E-state index in [1.807, 2.05) is 24.3 Å². The number of hydrogen-bond donors (Lipinski definition) is 1. The van der Waals surface area contributed by atoms with E-state index < -0.39 is 10.8 Å². The second-order valence-electron chi connectivity index (χ2n) is 7.20. The highest BCUT2D eigenvalue weighted by Gasteiger charge is 2.33. The number of hydrogen-bond acceptors (Lipinski definition) is 7. The molecule has 2 aliphatic rings. The highest BCUT2D eigenvalue weighted by Crippen LogP contribution is 2.41. The highest BCUT2D eigenvalue weighted by molar-refractivity contribution is 5.93. The molecule has 2 aromatic rings. The molecule has 158 valence electrons. The first kappa shape index (κ1) is 20.0. The number of ether oxygens (including phenoxy) is 3. The molecule has 0 bridgehead atoms. The zero-order chi connectivity index (χ0) is 21.1. The van der Waals surface area contributed by atoms with Gasteiger partial charge in [-0.3, -0.25) is 14.9 Å². The van der Waals surface area contributed by atoms with Gasteiger partial charge in [0.1, 0.15) is 6.61 Å². The van der Waals surface area contributed by atoms with E-state index in [0.717, 1.165) is 18.8 Å². The van der Waals surface area contributed by atoms with Crippen molar-refractivity contribution in [1.82, 2.24) is 0 Å². The smallest absolute Gasteiger partial charge is 0.276 e. The molecular weight excluding hydrogens is 390 g/mol. The number of amides is 1. The SMILES string of the molecule is COc1ccc([N+](=O)[O-])c2c1OC[C@H](C(=O)Nc1ccc(N3CCOCC3)cc1)C2. The van der Waals surface area contributed by atoms with Gasteiger partial charge in [0.15, 0.2) is 11.5 Å². The number of fused-ring (bicyclic) bond motifs is 1. The van der Waals surface area contributed by atoms with Crippen LogP contribution in [-0.4, -0.2) is 50.9 Å². The van der Waals surface area contributed by atoms with E-state index in [0.29, 0.717) is 36.0 Å². The molecule has 0 spiro atoms. The Morgan fingerprint density at radius 1 is 1.20 bits per heavy atom. The van der Waals surface area contributed by atoms with Gasteiger partial charge in [-0.1, -0.05) is 0 Å². The first-order valence-electron chi connectivity index (χ1n) is 9.77. The summed E-state index contributed by atoms with van der Waals surface area (Å²) in [5.41, 5.74) is 2.06. The first-order chi connectivity index (χ1) is 14.6. The summed E-state index contributed by atoms with van der Waals surface area (Å²) in [7, 11) is 1.48. The molecule has 1 saturated heterocycles. The van der Waals surface area contributed by atoms with E-state index in [9.17, 15) is 14.9 Å². The number of nitrogens with zero attached hydrogens (tertiary/aromatic N) is 2. The van der Waals surface area contributed by atoms with Crippen molar-refractivity contribution in [3.8, 4) is 11.5 Å². The average molecular weight is 413 g/mol. The van der Waals surface area contributed by atoms with E-state index in [4.69, 9.17) is 14.2 Å². The van der Waals surface area contributed by atoms with Crippen molar-refractivity contribution >= 4 is 23.0 Å². The van der Waals surface area contributed by atoms with E-state index >= 15 is 0 Å². The molecule has 1 fully saturated rings. The van der Waals surface area contributed by atoms with Gasteiger partial charge in [0.25, 0.3) is 5.69 Å². The number of methoxy groups -OCH3 is 1. The molecule has 0 saturated carbocycles. The molecule has 0 radical (unpaired) electrons. The Kier molecular flexibility index (Phi) is 5.71. The molecule has 2 aromatic carbocycles. The topological polar surface area (TPSA) is 103 Å². The fourth-order valence-electron chi connectivity index (χ4n) is 3.76. The summed E-state index contributed by atoms with van der Waals surface area (Å²) in [5.74, 6) is -0.0158. The van der Waals surface area contributed by atoms with Crippen LogP contribution < -0.4 is 19.7 Å². The van der Waals surface area contributed by atoms with Gasteiger partial charge in [0.05, 0.1) is 36.7 Å². The third-order valence-electron chi connectivity index (χ3n) is 5.38. The van der Waals surface area contributed by atoms with Gasteiger partial charge in [0, 0.05) is 30.5 Å². The quantitative estimate of drug-likeness (QED) is 0.594. The number of nitro groups is 1. The van der Waals surface area contributed by atoms with Gasteiger partial charge in [-0.2, -0.15) is 0 Å². The van der Waals surface area contributed by atoms with Crippen molar-refractivity contribution in [2.45, 2.75) is 6.42 Å². The minimum atomic E-state index is -0.540. The van der Waals surface area contributed by atoms with Crippen LogP contribution in [-0.2, 0) is 16.0 Å². The summed E-state index contributed by atoms with van der Waals surface area (Å²) in [6, 6.07) is 10.5. The maximum absolute atomic E-state index is 12.8. The lowest BCUT2D eigenvalue weighted by Gasteiger charge is -2.29. The van der Waals surface area contributed by atoms with Crippen LogP contribution in [0.3, 0.4) is 0 Å². The number of morpholine rings is 1. The standard InChI is InChI=1S/C21H23N3O6/c1-28-19-7-6-18(24(26)27)17-12-14(13-30-20(17)19)21(25)22-15-2-4-16(5-3-15)23-8-10-29-11-9-23/h2-7,14H,8-13H2,1H3,(H,22,25)/t14-/m1/s1. The normalized spacial score (nSPS) is 18.2. The molecule has 0 aromatic heterocycles. The Labute approximate surface area is 173 Å². The molecule has 30 heavy (non-hydrogen) atoms. The summed E-state index contributed by atoms with van der Waals surface area (Å²) < 4.78 is 16.3. The largest absolute Gasteiger partial charge is 0.493 e. The lowest BCUT2D eigenvalue weighted by Crippen LogP contribution is -2.36. The Morgan fingerprint density at radius 2 is 1.93 bits per heavy atom. The Hall–Kier alpha value is -3.33. The lowest BCUT2D eigenvalue weighted by atomic mass is 9.94. The predicted octanol–water partition coefficient (Wildman–Crippen LogP) is 2.63. The Morgan fingerprint density at radius 3 is 2.60 bits per heavy atom. The van der Waals surface area contributed by atoms with Crippen LogP contribution in [0.2, 0.25) is 0 Å². The van der Waals surface area contributed by atoms with Crippen molar-refractivity contribution in [2.75, 3.05) is 50.2 Å². The van der Waals surface area contributed by atoms with Crippen LogP contribution in [0.15, 0.2) is 36.4 Å². The number of nitro benzene ring substituents is 1. The first-order valence-corrected chi connectivity index (χ1v) is 9.77. The number of benzene rings is 2. The maximum atomic E-state index is 12.8. The Balaban J connectivity index is 1.46. The second-order valence-corrected chi connectivity index (χ2v) is 7.20. The minimum Gasteiger partial charge on any atom is -0.493 e. The van der Waals surface area contributed by atoms with E-state index in [-0.39, 0.29) is 24.6 Å². The van der Waals surface area contributed by atoms with Crippen molar-refractivity contribution in [3.05, 3.63) is 52.1 Å². The summed E-state index contributed by atoms with van der Waals surface area (Å²) in [5, 5.41) is 14.3. The third-order valence-corrected chi connectivity index (χ3v) is 5.38. The molecule has 0 aliphatic carbocycles. The van der Waals surface area contributed by atoms with Gasteiger partial charge in [-0.05, 0) is 36.8 Å². The van der Waals surface area contributed by atoms with E-state index in [1.165, 1.54) is 19.2 Å². The van der Waals surface area contributed by atoms with E-state index in [1.54, 1.807) is 0 Å². The molecule has 1 atom stereocenters. The molecular formula is C21H23N3O6. The molecule has 1 amide bonds. The summed E-state index contributed by atoms with van der Waals surface area (Å²) in [6.45, 7) is 3.22. The zero-order valence-corrected chi connectivity index (χ0v) is 16.6. The van der Waals surface area contributed by atoms with Crippen LogP contribution in [0, 0.1) is 16.0 Å². The fourth-order valence-corrected chi connectivity index (χ4v) is 3.76. The summed E-state index contributed by atoms with van der Waals surface area (Å²) >= 11 is 0. The lowest BCUT2D eigenvalue weighted by molar-refractivity contribution is -0.385.